The molecule has 1 saturated heterocycles. The van der Waals surface area contributed by atoms with Crippen LogP contribution in [0.5, 0.6) is 0 Å². The molecule has 0 aromatic heterocycles. The second-order valence-electron chi connectivity index (χ2n) is 15.3. The predicted molar refractivity (Wildman–Crippen MR) is 238 cm³/mol. The summed E-state index contributed by atoms with van der Waals surface area (Å²) >= 11 is 0. The summed E-state index contributed by atoms with van der Waals surface area (Å²) in [4.78, 5) is 25.4. The van der Waals surface area contributed by atoms with Crippen molar-refractivity contribution in [2.24, 2.45) is 0 Å². The molecule has 6 unspecified atom stereocenters. The van der Waals surface area contributed by atoms with Crippen LogP contribution in [0.4, 0.5) is 0 Å². The van der Waals surface area contributed by atoms with Gasteiger partial charge in [-0.25, -0.2) is 0 Å². The molecule has 0 spiro atoms. The van der Waals surface area contributed by atoms with Gasteiger partial charge in [-0.05, 0) is 83.5 Å². The van der Waals surface area contributed by atoms with E-state index in [2.05, 4.69) is 86.8 Å². The average Bonchev–Trinajstić information content (AvgIpc) is 3.21. The zero-order valence-corrected chi connectivity index (χ0v) is 37.3. The number of ether oxygens (including phenoxy) is 4. The van der Waals surface area contributed by atoms with Gasteiger partial charge in [0, 0.05) is 12.8 Å². The number of hydrogen-bond acceptors (Lipinski definition) is 11. The number of aliphatic hydroxyl groups excluding tert-OH is 3. The van der Waals surface area contributed by atoms with Gasteiger partial charge in [-0.15, -0.1) is 0 Å². The molecule has 0 aromatic rings. The Kier molecular flexibility index (Phi) is 33.7. The highest BCUT2D eigenvalue weighted by Crippen LogP contribution is 2.24. The van der Waals surface area contributed by atoms with Crippen molar-refractivity contribution < 1.29 is 56.8 Å². The van der Waals surface area contributed by atoms with Crippen LogP contribution in [0.15, 0.2) is 72.9 Å². The standard InChI is InChI=1S/C47H78O12S/c1-3-5-7-9-11-13-15-17-19-20-22-24-26-28-30-32-34-36-43(49)58-40(38-57-47-46(52)45(51)44(50)41(59-47)39-60(53,54)55)37-56-42(48)35-33-31-29-27-25-23-21-18-16-14-12-10-8-6-4-2/h5,7,11-14,17-19,21-22,24,40-41,44-47,50-52H,3-4,6,8-10,15-16,20,23,25-39H2,1-2H3,(H,53,54,55)/b7-5-,13-11-,14-12-,19-17-,21-18-,24-22-. The van der Waals surface area contributed by atoms with E-state index in [0.29, 0.717) is 12.8 Å². The number of carbonyl (C=O) groups is 2. The first-order valence-electron chi connectivity index (χ1n) is 22.5. The number of hydrogen-bond donors (Lipinski definition) is 4. The first-order chi connectivity index (χ1) is 29.0. The number of allylic oxidation sites excluding steroid dienone is 12. The summed E-state index contributed by atoms with van der Waals surface area (Å²) in [5.41, 5.74) is 0. The molecule has 12 nitrogen and oxygen atoms in total. The molecule has 1 aliphatic rings. The van der Waals surface area contributed by atoms with E-state index in [1.807, 2.05) is 0 Å². The van der Waals surface area contributed by atoms with E-state index in [1.165, 1.54) is 19.3 Å². The number of esters is 2. The molecule has 60 heavy (non-hydrogen) atoms. The third-order valence-corrected chi connectivity index (χ3v) is 10.5. The molecule has 13 heteroatoms. The molecule has 1 heterocycles. The molecule has 0 bridgehead atoms. The van der Waals surface area contributed by atoms with Gasteiger partial charge in [0.1, 0.15) is 36.8 Å². The van der Waals surface area contributed by atoms with Gasteiger partial charge in [-0.2, -0.15) is 8.42 Å². The van der Waals surface area contributed by atoms with E-state index >= 15 is 0 Å². The van der Waals surface area contributed by atoms with Crippen molar-refractivity contribution >= 4 is 22.1 Å². The monoisotopic (exact) mass is 867 g/mol. The Morgan fingerprint density at radius 1 is 0.583 bits per heavy atom. The van der Waals surface area contributed by atoms with E-state index in [4.69, 9.17) is 18.9 Å². The van der Waals surface area contributed by atoms with Gasteiger partial charge in [0.15, 0.2) is 12.4 Å². The van der Waals surface area contributed by atoms with Crippen LogP contribution >= 0.6 is 0 Å². The summed E-state index contributed by atoms with van der Waals surface area (Å²) in [7, 11) is -4.61. The van der Waals surface area contributed by atoms with Crippen molar-refractivity contribution in [3.8, 4) is 0 Å². The van der Waals surface area contributed by atoms with Crippen LogP contribution in [0.2, 0.25) is 0 Å². The fraction of sp³-hybridized carbons (Fsp3) is 0.702. The smallest absolute Gasteiger partial charge is 0.306 e. The summed E-state index contributed by atoms with van der Waals surface area (Å²) in [5, 5.41) is 30.9. The highest BCUT2D eigenvalue weighted by atomic mass is 32.2. The highest BCUT2D eigenvalue weighted by Gasteiger charge is 2.46. The molecule has 6 atom stereocenters. The van der Waals surface area contributed by atoms with Crippen molar-refractivity contribution in [1.82, 2.24) is 0 Å². The summed E-state index contributed by atoms with van der Waals surface area (Å²) < 4.78 is 54.0. The molecule has 0 radical (unpaired) electrons. The van der Waals surface area contributed by atoms with E-state index in [9.17, 15) is 37.9 Å². The van der Waals surface area contributed by atoms with Gasteiger partial charge in [-0.1, -0.05) is 132 Å². The second kappa shape index (κ2) is 36.7. The molecule has 1 fully saturated rings. The molecule has 0 aromatic carbocycles. The van der Waals surface area contributed by atoms with Gasteiger partial charge in [-0.3, -0.25) is 14.1 Å². The van der Waals surface area contributed by atoms with Crippen molar-refractivity contribution in [3.05, 3.63) is 72.9 Å². The topological polar surface area (TPSA) is 186 Å². The van der Waals surface area contributed by atoms with Gasteiger partial charge in [0.2, 0.25) is 0 Å². The molecule has 0 amide bonds. The van der Waals surface area contributed by atoms with Crippen LogP contribution < -0.4 is 0 Å². The van der Waals surface area contributed by atoms with Crippen LogP contribution in [0.25, 0.3) is 0 Å². The zero-order chi connectivity index (χ0) is 44.1. The van der Waals surface area contributed by atoms with Gasteiger partial charge in [0.05, 0.1) is 6.61 Å². The lowest BCUT2D eigenvalue weighted by atomic mass is 10.00. The fourth-order valence-electron chi connectivity index (χ4n) is 6.28. The Labute approximate surface area is 361 Å². The van der Waals surface area contributed by atoms with Gasteiger partial charge in [0.25, 0.3) is 10.1 Å². The normalized spacial score (nSPS) is 20.8. The SMILES string of the molecule is CC/C=C\C/C=C\C/C=C\C/C=C\CCCCCCC(=O)OC(COC(=O)CCCCCCC/C=C\C/C=C\CCCCC)COC1OC(CS(=O)(=O)O)C(O)C(O)C1O. The largest absolute Gasteiger partial charge is 0.462 e. The Balaban J connectivity index is 2.49. The van der Waals surface area contributed by atoms with Crippen molar-refractivity contribution in [2.45, 2.75) is 192 Å². The van der Waals surface area contributed by atoms with E-state index in [1.54, 1.807) is 0 Å². The van der Waals surface area contributed by atoms with Crippen LogP contribution in [0.3, 0.4) is 0 Å². The minimum Gasteiger partial charge on any atom is -0.462 e. The average molecular weight is 867 g/mol. The van der Waals surface area contributed by atoms with Crippen LogP contribution in [-0.4, -0.2) is 96.0 Å². The van der Waals surface area contributed by atoms with E-state index in [0.717, 1.165) is 96.3 Å². The quantitative estimate of drug-likeness (QED) is 0.0203. The first-order valence-corrected chi connectivity index (χ1v) is 24.1. The lowest BCUT2D eigenvalue weighted by Crippen LogP contribution is -2.60. The Morgan fingerprint density at radius 2 is 1.05 bits per heavy atom. The number of unbranched alkanes of at least 4 members (excludes halogenated alkanes) is 12. The highest BCUT2D eigenvalue weighted by molar-refractivity contribution is 7.85. The third kappa shape index (κ3) is 31.0. The minimum atomic E-state index is -4.61. The molecule has 1 rings (SSSR count). The molecular weight excluding hydrogens is 789 g/mol. The van der Waals surface area contributed by atoms with Crippen LogP contribution in [0, 0.1) is 0 Å². The molecule has 1 aliphatic heterocycles. The van der Waals surface area contributed by atoms with Crippen molar-refractivity contribution in [2.75, 3.05) is 19.0 Å². The maximum atomic E-state index is 12.8. The third-order valence-electron chi connectivity index (χ3n) is 9.77. The Morgan fingerprint density at radius 3 is 1.57 bits per heavy atom. The van der Waals surface area contributed by atoms with Crippen molar-refractivity contribution in [3.63, 3.8) is 0 Å². The van der Waals surface area contributed by atoms with Crippen LogP contribution in [-0.2, 0) is 38.7 Å². The van der Waals surface area contributed by atoms with Crippen LogP contribution in [0.1, 0.15) is 155 Å². The fourth-order valence-corrected chi connectivity index (χ4v) is 6.98. The zero-order valence-electron chi connectivity index (χ0n) is 36.5. The van der Waals surface area contributed by atoms with Gasteiger partial charge < -0.3 is 34.3 Å². The predicted octanol–water partition coefficient (Wildman–Crippen LogP) is 9.11. The second-order valence-corrected chi connectivity index (χ2v) is 16.8. The molecule has 4 N–H and O–H groups in total. The number of carbonyl (C=O) groups excluding carboxylic acids is 2. The number of rotatable bonds is 36. The Bertz CT molecular complexity index is 1390. The van der Waals surface area contributed by atoms with E-state index in [-0.39, 0.29) is 19.4 Å². The molecule has 0 saturated carbocycles. The van der Waals surface area contributed by atoms with Crippen molar-refractivity contribution in [1.29, 1.82) is 0 Å². The lowest BCUT2D eigenvalue weighted by Gasteiger charge is -2.40. The number of aliphatic hydroxyl groups is 3. The maximum absolute atomic E-state index is 12.8. The summed E-state index contributed by atoms with van der Waals surface area (Å²) in [5.74, 6) is -2.04. The minimum absolute atomic E-state index is 0.129. The lowest BCUT2D eigenvalue weighted by molar-refractivity contribution is -0.297. The molecule has 344 valence electrons. The molecular formula is C47H78O12S. The summed E-state index contributed by atoms with van der Waals surface area (Å²) in [6.07, 6.45) is 36.5. The molecule has 0 aliphatic carbocycles. The maximum Gasteiger partial charge on any atom is 0.306 e. The first kappa shape index (κ1) is 55.1. The summed E-state index contributed by atoms with van der Waals surface area (Å²) in [6, 6.07) is 0. The van der Waals surface area contributed by atoms with E-state index < -0.39 is 71.2 Å². The van der Waals surface area contributed by atoms with Gasteiger partial charge >= 0.3 is 11.9 Å². The summed E-state index contributed by atoms with van der Waals surface area (Å²) in [6.45, 7) is 3.57. The Hall–Kier alpha value is -2.91.